The molecule has 0 atom stereocenters. The van der Waals surface area contributed by atoms with Gasteiger partial charge in [0, 0.05) is 25.0 Å². The molecule has 0 radical (unpaired) electrons. The summed E-state index contributed by atoms with van der Waals surface area (Å²) < 4.78 is 8.26. The molecule has 2 aromatic heterocycles. The number of fused-ring (bicyclic) bond motifs is 3. The quantitative estimate of drug-likeness (QED) is 0.593. The van der Waals surface area contributed by atoms with Gasteiger partial charge in [-0.1, -0.05) is 31.5 Å². The lowest BCUT2D eigenvalue weighted by Crippen LogP contribution is -2.33. The molecule has 3 aromatic rings. The maximum atomic E-state index is 13.4. The van der Waals surface area contributed by atoms with E-state index in [1.165, 1.54) is 31.3 Å². The number of nitrogens with zero attached hydrogens (tertiary/aromatic N) is 2. The van der Waals surface area contributed by atoms with Crippen LogP contribution in [-0.2, 0) is 6.54 Å². The summed E-state index contributed by atoms with van der Waals surface area (Å²) in [6.07, 6.45) is 4.39. The lowest BCUT2D eigenvalue weighted by Gasteiger charge is -2.14. The third-order valence-corrected chi connectivity index (χ3v) is 7.02. The zero-order valence-electron chi connectivity index (χ0n) is 17.7. The summed E-state index contributed by atoms with van der Waals surface area (Å²) in [5.41, 5.74) is 0.828. The summed E-state index contributed by atoms with van der Waals surface area (Å²) in [6.45, 7) is 6.42. The van der Waals surface area contributed by atoms with Crippen molar-refractivity contribution in [3.63, 3.8) is 0 Å². The van der Waals surface area contributed by atoms with E-state index in [9.17, 15) is 9.59 Å². The molecule has 0 saturated carbocycles. The van der Waals surface area contributed by atoms with Crippen molar-refractivity contribution in [2.75, 3.05) is 33.3 Å². The number of hydrogen-bond acceptors (Lipinski definition) is 5. The molecular weight excluding hydrogens is 398 g/mol. The summed E-state index contributed by atoms with van der Waals surface area (Å²) in [5, 5.41) is 4.52. The van der Waals surface area contributed by atoms with Crippen LogP contribution in [0.5, 0.6) is 5.75 Å². The van der Waals surface area contributed by atoms with Crippen LogP contribution in [0, 0.1) is 0 Å². The largest absolute Gasteiger partial charge is 0.494 e. The lowest BCUT2D eigenvalue weighted by atomic mass is 10.1. The third-order valence-electron chi connectivity index (χ3n) is 5.82. The molecule has 0 unspecified atom stereocenters. The first-order valence-electron chi connectivity index (χ1n) is 10.8. The number of rotatable bonds is 8. The standard InChI is InChI=1S/C23H29N3O3S/c1-3-4-14-26-17-10-6-5-9-16(17)20-18(23(26)28)19(29-2)21(30-20)22(27)24-11-15-25-12-7-8-13-25/h5-6,9-10H,3-4,7-8,11-15H2,1-2H3,(H,24,27). The zero-order chi connectivity index (χ0) is 21.1. The number of carbonyl (C=O) groups excluding carboxylic acids is 1. The van der Waals surface area contributed by atoms with E-state index in [0.717, 1.165) is 48.1 Å². The molecule has 0 aliphatic carbocycles. The SMILES string of the molecule is CCCCn1c(=O)c2c(OC)c(C(=O)NCCN3CCCC3)sc2c2ccccc21. The van der Waals surface area contributed by atoms with Gasteiger partial charge in [0.25, 0.3) is 11.5 Å². The first-order chi connectivity index (χ1) is 14.7. The number of likely N-dealkylation sites (tertiary alicyclic amines) is 1. The Morgan fingerprint density at radius 2 is 1.97 bits per heavy atom. The summed E-state index contributed by atoms with van der Waals surface area (Å²) in [5.74, 6) is 0.227. The number of benzene rings is 1. The second-order valence-electron chi connectivity index (χ2n) is 7.80. The number of unbranched alkanes of at least 4 members (excludes halogenated alkanes) is 1. The van der Waals surface area contributed by atoms with Gasteiger partial charge in [-0.15, -0.1) is 11.3 Å². The molecule has 3 heterocycles. The van der Waals surface area contributed by atoms with Gasteiger partial charge >= 0.3 is 0 Å². The average Bonchev–Trinajstić information content (AvgIpc) is 3.41. The number of methoxy groups -OCH3 is 1. The van der Waals surface area contributed by atoms with Crippen LogP contribution in [0.1, 0.15) is 42.3 Å². The van der Waals surface area contributed by atoms with Gasteiger partial charge in [0.1, 0.15) is 10.3 Å². The van der Waals surface area contributed by atoms with E-state index in [1.807, 2.05) is 28.8 Å². The van der Waals surface area contributed by atoms with Crippen LogP contribution in [-0.4, -0.2) is 48.7 Å². The van der Waals surface area contributed by atoms with Crippen molar-refractivity contribution in [2.45, 2.75) is 39.2 Å². The number of aromatic nitrogens is 1. The van der Waals surface area contributed by atoms with Crippen molar-refractivity contribution in [3.8, 4) is 5.75 Å². The molecule has 1 N–H and O–H groups in total. The summed E-state index contributed by atoms with van der Waals surface area (Å²) in [6, 6.07) is 7.92. The van der Waals surface area contributed by atoms with Gasteiger partial charge < -0.3 is 19.5 Å². The highest BCUT2D eigenvalue weighted by atomic mass is 32.1. The van der Waals surface area contributed by atoms with Gasteiger partial charge in [-0.05, 0) is 38.4 Å². The van der Waals surface area contributed by atoms with Crippen LogP contribution in [0.4, 0.5) is 0 Å². The Kier molecular flexibility index (Phi) is 6.39. The Morgan fingerprint density at radius 3 is 2.70 bits per heavy atom. The molecule has 1 aliphatic heterocycles. The Morgan fingerprint density at radius 1 is 1.20 bits per heavy atom. The molecule has 0 bridgehead atoms. The highest BCUT2D eigenvalue weighted by Crippen LogP contribution is 2.39. The van der Waals surface area contributed by atoms with E-state index in [2.05, 4.69) is 17.1 Å². The van der Waals surface area contributed by atoms with Crippen molar-refractivity contribution in [3.05, 3.63) is 39.5 Å². The highest BCUT2D eigenvalue weighted by molar-refractivity contribution is 7.22. The molecule has 1 saturated heterocycles. The molecule has 1 fully saturated rings. The molecule has 1 aromatic carbocycles. The second kappa shape index (κ2) is 9.18. The topological polar surface area (TPSA) is 63.6 Å². The smallest absolute Gasteiger partial charge is 0.265 e. The number of pyridine rings is 1. The van der Waals surface area contributed by atoms with Crippen LogP contribution < -0.4 is 15.6 Å². The van der Waals surface area contributed by atoms with E-state index in [0.29, 0.717) is 29.1 Å². The Labute approximate surface area is 180 Å². The minimum Gasteiger partial charge on any atom is -0.494 e. The highest BCUT2D eigenvalue weighted by Gasteiger charge is 2.24. The van der Waals surface area contributed by atoms with Gasteiger partial charge in [0.15, 0.2) is 5.75 Å². The average molecular weight is 428 g/mol. The number of nitrogens with one attached hydrogen (secondary N) is 1. The molecule has 1 amide bonds. The van der Waals surface area contributed by atoms with Crippen LogP contribution in [0.2, 0.25) is 0 Å². The van der Waals surface area contributed by atoms with E-state index in [-0.39, 0.29) is 11.5 Å². The van der Waals surface area contributed by atoms with E-state index < -0.39 is 0 Å². The van der Waals surface area contributed by atoms with Crippen LogP contribution in [0.25, 0.3) is 21.0 Å². The lowest BCUT2D eigenvalue weighted by molar-refractivity contribution is 0.0951. The number of amides is 1. The number of thiophene rings is 1. The Balaban J connectivity index is 1.74. The molecule has 0 spiro atoms. The van der Waals surface area contributed by atoms with Crippen molar-refractivity contribution in [1.82, 2.24) is 14.8 Å². The Hall–Kier alpha value is -2.38. The number of carbonyl (C=O) groups is 1. The number of para-hydroxylation sites is 1. The van der Waals surface area contributed by atoms with E-state index >= 15 is 0 Å². The van der Waals surface area contributed by atoms with Crippen LogP contribution >= 0.6 is 11.3 Å². The van der Waals surface area contributed by atoms with Gasteiger partial charge in [0.05, 0.1) is 17.3 Å². The number of aryl methyl sites for hydroxylation is 1. The predicted molar refractivity (Wildman–Crippen MR) is 123 cm³/mol. The first-order valence-corrected chi connectivity index (χ1v) is 11.6. The van der Waals surface area contributed by atoms with Crippen LogP contribution in [0.15, 0.2) is 29.1 Å². The Bertz CT molecular complexity index is 1110. The first kappa shape index (κ1) is 20.9. The third kappa shape index (κ3) is 3.84. The minimum absolute atomic E-state index is 0.0821. The van der Waals surface area contributed by atoms with Crippen molar-refractivity contribution in [1.29, 1.82) is 0 Å². The monoisotopic (exact) mass is 427 g/mol. The van der Waals surface area contributed by atoms with E-state index in [4.69, 9.17) is 4.74 Å². The molecule has 4 rings (SSSR count). The predicted octanol–water partition coefficient (Wildman–Crippen LogP) is 3.85. The maximum absolute atomic E-state index is 13.4. The molecule has 30 heavy (non-hydrogen) atoms. The minimum atomic E-state index is -0.171. The summed E-state index contributed by atoms with van der Waals surface area (Å²) in [4.78, 5) is 29.2. The summed E-state index contributed by atoms with van der Waals surface area (Å²) >= 11 is 1.35. The second-order valence-corrected chi connectivity index (χ2v) is 8.82. The molecule has 6 nitrogen and oxygen atoms in total. The molecule has 7 heteroatoms. The summed E-state index contributed by atoms with van der Waals surface area (Å²) in [7, 11) is 1.54. The van der Waals surface area contributed by atoms with Crippen molar-refractivity contribution >= 4 is 38.2 Å². The molecule has 1 aliphatic rings. The maximum Gasteiger partial charge on any atom is 0.265 e. The van der Waals surface area contributed by atoms with Crippen molar-refractivity contribution in [2.24, 2.45) is 0 Å². The zero-order valence-corrected chi connectivity index (χ0v) is 18.5. The number of hydrogen-bond donors (Lipinski definition) is 1. The van der Waals surface area contributed by atoms with Crippen LogP contribution in [0.3, 0.4) is 0 Å². The normalized spacial score (nSPS) is 14.6. The number of ether oxygens (including phenoxy) is 1. The van der Waals surface area contributed by atoms with Gasteiger partial charge in [-0.25, -0.2) is 0 Å². The van der Waals surface area contributed by atoms with Crippen molar-refractivity contribution < 1.29 is 9.53 Å². The van der Waals surface area contributed by atoms with Gasteiger partial charge in [-0.3, -0.25) is 9.59 Å². The van der Waals surface area contributed by atoms with Gasteiger partial charge in [0.2, 0.25) is 0 Å². The molecule has 160 valence electrons. The van der Waals surface area contributed by atoms with Gasteiger partial charge in [-0.2, -0.15) is 0 Å². The fourth-order valence-electron chi connectivity index (χ4n) is 4.24. The fraction of sp³-hybridized carbons (Fsp3) is 0.478. The fourth-order valence-corrected chi connectivity index (χ4v) is 5.45. The van der Waals surface area contributed by atoms with E-state index in [1.54, 1.807) is 0 Å². The molecular formula is C23H29N3O3S.